The lowest BCUT2D eigenvalue weighted by molar-refractivity contribution is 1.09. The Balaban J connectivity index is -0.0000000536. The number of rotatable bonds is 0. The van der Waals surface area contributed by atoms with Crippen LogP contribution in [0.2, 0.25) is 0 Å². The van der Waals surface area contributed by atoms with Gasteiger partial charge in [-0.05, 0) is 0 Å². The summed E-state index contributed by atoms with van der Waals surface area (Å²) in [6.45, 7) is 0. The molecule has 0 aliphatic rings. The highest BCUT2D eigenvalue weighted by Crippen LogP contribution is 1.63. The molecule has 20 heavy (non-hydrogen) atoms. The first kappa shape index (κ1) is 30.1. The van der Waals surface area contributed by atoms with E-state index in [1.165, 1.54) is 0 Å². The van der Waals surface area contributed by atoms with Crippen LogP contribution in [0, 0.1) is 0 Å². The van der Waals surface area contributed by atoms with Gasteiger partial charge in [0.05, 0.1) is 0 Å². The van der Waals surface area contributed by atoms with Gasteiger partial charge < -0.3 is 81.1 Å². The summed E-state index contributed by atoms with van der Waals surface area (Å²) in [7, 11) is 0. The average Bonchev–Trinajstić information content (AvgIpc) is 2.18. The van der Waals surface area contributed by atoms with E-state index in [2.05, 4.69) is 0 Å². The fourth-order valence-corrected chi connectivity index (χ4v) is 0. The highest BCUT2D eigenvalue weighted by Gasteiger charge is 1.78. The third kappa shape index (κ3) is 36.4. The van der Waals surface area contributed by atoms with Gasteiger partial charge in [0, 0.05) is 0 Å². The third-order valence-corrected chi connectivity index (χ3v) is 1.00. The number of hydrogen-bond acceptors (Lipinski definition) is 14. The van der Waals surface area contributed by atoms with Crippen molar-refractivity contribution in [2.24, 2.45) is 68.8 Å². The van der Waals surface area contributed by atoms with E-state index in [1.807, 2.05) is 0 Å². The fraction of sp³-hybridized carbons (Fsp3) is 0. The van der Waals surface area contributed by atoms with Gasteiger partial charge >= 0.3 is 0 Å². The molecule has 0 atom stereocenters. The first-order valence-electron chi connectivity index (χ1n) is 4.21. The van der Waals surface area contributed by atoms with E-state index in [4.69, 9.17) is 68.8 Å². The molecule has 14 heteroatoms. The monoisotopic (exact) mass is 298 g/mol. The Kier molecular flexibility index (Phi) is 23.7. The second-order valence-electron chi connectivity index (χ2n) is 2.73. The van der Waals surface area contributed by atoms with Gasteiger partial charge in [-0.1, -0.05) is 0 Å². The molecule has 0 aliphatic carbocycles. The molecule has 0 saturated heterocycles. The van der Waals surface area contributed by atoms with Crippen LogP contribution in [0.5, 0.6) is 0 Å². The third-order valence-electron chi connectivity index (χ3n) is 1.00. The summed E-state index contributed by atoms with van der Waals surface area (Å²) in [6, 6.07) is 0. The molecular weight excluding hydrogens is 268 g/mol. The van der Waals surface area contributed by atoms with Gasteiger partial charge in [-0.3, -0.25) is 0 Å². The Hall–Kier alpha value is -3.26. The average molecular weight is 298 g/mol. The maximum Gasteiger partial charge on any atom is 0.134 e. The van der Waals surface area contributed by atoms with Crippen LogP contribution in [0.1, 0.15) is 0 Å². The van der Waals surface area contributed by atoms with E-state index in [0.29, 0.717) is 0 Å². The maximum absolute atomic E-state index is 4.84. The molecule has 30 N–H and O–H groups in total. The Morgan fingerprint density at radius 2 is 0.300 bits per heavy atom. The smallest absolute Gasteiger partial charge is 0.134 e. The zero-order valence-electron chi connectivity index (χ0n) is 11.3. The van der Waals surface area contributed by atoms with E-state index in [9.17, 15) is 0 Å². The maximum atomic E-state index is 4.84. The van der Waals surface area contributed by atoms with E-state index in [1.54, 1.807) is 0 Å². The number of nitrogens with two attached hydrogens (primary N) is 12. The van der Waals surface area contributed by atoms with Crippen molar-refractivity contribution in [2.75, 3.05) is 0 Å². The molecule has 0 fully saturated rings. The fourth-order valence-electron chi connectivity index (χ4n) is 0. The molecule has 0 aromatic carbocycles. The molecule has 0 rings (SSSR count). The van der Waals surface area contributed by atoms with Crippen LogP contribution in [0.15, 0.2) is 34.9 Å². The molecular formula is C6H30N14. The van der Waals surface area contributed by atoms with Gasteiger partial charge in [-0.25, -0.2) is 0 Å². The van der Waals surface area contributed by atoms with Gasteiger partial charge in [-0.15, -0.1) is 0 Å². The lowest BCUT2D eigenvalue weighted by Crippen LogP contribution is -2.22. The van der Waals surface area contributed by atoms with Crippen molar-refractivity contribution < 1.29 is 0 Å². The van der Waals surface area contributed by atoms with Crippen molar-refractivity contribution >= 4 is 0 Å². The van der Waals surface area contributed by atoms with Crippen LogP contribution in [0.25, 0.3) is 0 Å². The van der Waals surface area contributed by atoms with Crippen molar-refractivity contribution in [2.45, 2.75) is 0 Å². The highest BCUT2D eigenvalue weighted by atomic mass is 14.9. The largest absolute Gasteiger partial charge is 0.383 e. The molecule has 0 aliphatic heterocycles. The lowest BCUT2D eigenvalue weighted by atomic mass is 10.7. The van der Waals surface area contributed by atoms with Crippen LogP contribution >= 0.6 is 0 Å². The minimum Gasteiger partial charge on any atom is -0.383 e. The van der Waals surface area contributed by atoms with E-state index in [-0.39, 0.29) is 47.2 Å². The predicted molar refractivity (Wildman–Crippen MR) is 81.4 cm³/mol. The minimum absolute atomic E-state index is 0. The summed E-state index contributed by atoms with van der Waals surface area (Å²) in [6.07, 6.45) is 0. The van der Waals surface area contributed by atoms with Crippen molar-refractivity contribution in [1.29, 1.82) is 0 Å². The molecule has 124 valence electrons. The molecule has 0 amide bonds. The Bertz CT molecular complexity index is 220. The van der Waals surface area contributed by atoms with Crippen LogP contribution < -0.4 is 81.1 Å². The van der Waals surface area contributed by atoms with Crippen molar-refractivity contribution in [3.05, 3.63) is 34.9 Å². The van der Waals surface area contributed by atoms with Gasteiger partial charge in [0.15, 0.2) is 0 Å². The van der Waals surface area contributed by atoms with E-state index < -0.39 is 0 Å². The molecule has 0 bridgehead atoms. The summed E-state index contributed by atoms with van der Waals surface area (Å²) >= 11 is 0. The standard InChI is InChI=1S/3C2H8N4.2H3N/c3*3-1(4)2(5)6;;/h3*3-6H2;2*1H3. The molecule has 0 aromatic heterocycles. The molecule has 0 heterocycles. The summed E-state index contributed by atoms with van der Waals surface area (Å²) in [4.78, 5) is 0. The van der Waals surface area contributed by atoms with Crippen molar-refractivity contribution in [1.82, 2.24) is 12.3 Å². The second-order valence-corrected chi connectivity index (χ2v) is 2.73. The first-order valence-corrected chi connectivity index (χ1v) is 4.21. The lowest BCUT2D eigenvalue weighted by Gasteiger charge is -1.89. The SMILES string of the molecule is N.N.NC(N)=C(N)N.NC(N)=C(N)N.NC(N)=C(N)N. The molecule has 0 aromatic rings. The van der Waals surface area contributed by atoms with Gasteiger partial charge in [0.2, 0.25) is 0 Å². The number of hydrogen-bond donors (Lipinski definition) is 14. The zero-order valence-corrected chi connectivity index (χ0v) is 11.3. The van der Waals surface area contributed by atoms with Gasteiger partial charge in [-0.2, -0.15) is 0 Å². The van der Waals surface area contributed by atoms with Crippen LogP contribution in [0.4, 0.5) is 0 Å². The van der Waals surface area contributed by atoms with E-state index >= 15 is 0 Å². The highest BCUT2D eigenvalue weighted by molar-refractivity contribution is 4.97. The molecule has 0 spiro atoms. The summed E-state index contributed by atoms with van der Waals surface area (Å²) in [5, 5.41) is 0. The predicted octanol–water partition coefficient (Wildman–Crippen LogP) is -5.83. The Labute approximate surface area is 117 Å². The molecule has 0 radical (unpaired) electrons. The van der Waals surface area contributed by atoms with Crippen LogP contribution in [0.3, 0.4) is 0 Å². The normalized spacial score (nSPS) is 6.60. The first-order chi connectivity index (χ1) is 7.93. The summed E-state index contributed by atoms with van der Waals surface area (Å²) in [5.41, 5.74) is 58.1. The summed E-state index contributed by atoms with van der Waals surface area (Å²) in [5.74, 6) is -0.111. The van der Waals surface area contributed by atoms with Gasteiger partial charge in [0.25, 0.3) is 0 Å². The zero-order chi connectivity index (χ0) is 15.5. The van der Waals surface area contributed by atoms with Crippen molar-refractivity contribution in [3.8, 4) is 0 Å². The minimum atomic E-state index is -0.0185. The Morgan fingerprint density at radius 3 is 0.300 bits per heavy atom. The molecule has 0 saturated carbocycles. The van der Waals surface area contributed by atoms with Gasteiger partial charge in [0.1, 0.15) is 34.9 Å². The molecule has 14 nitrogen and oxygen atoms in total. The molecule has 0 unspecified atom stereocenters. The summed E-state index contributed by atoms with van der Waals surface area (Å²) < 4.78 is 0. The second kappa shape index (κ2) is 15.7. The topological polar surface area (TPSA) is 382 Å². The quantitative estimate of drug-likeness (QED) is 0.198. The Morgan fingerprint density at radius 1 is 0.250 bits per heavy atom. The van der Waals surface area contributed by atoms with Crippen LogP contribution in [-0.4, -0.2) is 0 Å². The van der Waals surface area contributed by atoms with Crippen molar-refractivity contribution in [3.63, 3.8) is 0 Å². The van der Waals surface area contributed by atoms with Crippen LogP contribution in [-0.2, 0) is 0 Å². The van der Waals surface area contributed by atoms with E-state index in [0.717, 1.165) is 0 Å².